The standard InChI is InChI=1S/C47H99P/c1-5-9-12-15-18-21-24-27-30-33-36-39-42-45-48(8-4,46-43-40-37-34-31-28-25-22-19-16-13-10-6-2)47-44-41-38-35-32-29-26-23-20-17-14-11-7-3/h48H,5-47H2,1-4H3. The minimum Gasteiger partial charge on any atom is -0.0654 e. The summed E-state index contributed by atoms with van der Waals surface area (Å²) in [7, 11) is -1.07. The first-order valence-corrected chi connectivity index (χ1v) is 26.6. The van der Waals surface area contributed by atoms with E-state index in [9.17, 15) is 0 Å². The molecule has 1 heteroatoms. The van der Waals surface area contributed by atoms with Crippen LogP contribution in [-0.4, -0.2) is 24.6 Å². The zero-order valence-corrected chi connectivity index (χ0v) is 35.9. The molecule has 0 atom stereocenters. The average Bonchev–Trinajstić information content (AvgIpc) is 3.10. The van der Waals surface area contributed by atoms with Gasteiger partial charge in [0.2, 0.25) is 0 Å². The molecule has 0 spiro atoms. The van der Waals surface area contributed by atoms with Crippen LogP contribution in [0.25, 0.3) is 0 Å². The first-order chi connectivity index (χ1) is 23.7. The van der Waals surface area contributed by atoms with Crippen molar-refractivity contribution in [3.8, 4) is 0 Å². The maximum absolute atomic E-state index is 2.61. The van der Waals surface area contributed by atoms with Crippen LogP contribution in [0.4, 0.5) is 0 Å². The third-order valence-corrected chi connectivity index (χ3v) is 17.9. The van der Waals surface area contributed by atoms with E-state index in [2.05, 4.69) is 27.7 Å². The smallest absolute Gasteiger partial charge is 0.0654 e. The Morgan fingerprint density at radius 1 is 0.188 bits per heavy atom. The Kier molecular flexibility index (Phi) is 42.2. The molecular formula is C47H99P. The van der Waals surface area contributed by atoms with Crippen LogP contribution in [0, 0.1) is 0 Å². The summed E-state index contributed by atoms with van der Waals surface area (Å²) >= 11 is 0. The van der Waals surface area contributed by atoms with Crippen molar-refractivity contribution >= 4 is 7.26 Å². The van der Waals surface area contributed by atoms with E-state index in [1.165, 1.54) is 231 Å². The van der Waals surface area contributed by atoms with Crippen LogP contribution in [-0.2, 0) is 0 Å². The molecule has 0 N–H and O–H groups in total. The first-order valence-electron chi connectivity index (χ1n) is 23.7. The number of rotatable bonds is 43. The molecule has 0 fully saturated rings. The number of hydrogen-bond acceptors (Lipinski definition) is 0. The van der Waals surface area contributed by atoms with Gasteiger partial charge < -0.3 is 0 Å². The van der Waals surface area contributed by atoms with Gasteiger partial charge in [-0.3, -0.25) is 0 Å². The molecule has 0 rings (SSSR count). The quantitative estimate of drug-likeness (QED) is 0.0440. The van der Waals surface area contributed by atoms with Gasteiger partial charge in [-0.2, -0.15) is 0 Å². The zero-order chi connectivity index (χ0) is 34.9. The van der Waals surface area contributed by atoms with Gasteiger partial charge >= 0.3 is 251 Å². The van der Waals surface area contributed by atoms with Crippen LogP contribution in [0.5, 0.6) is 0 Å². The van der Waals surface area contributed by atoms with Gasteiger partial charge in [0.15, 0.2) is 0 Å². The van der Waals surface area contributed by atoms with E-state index in [0.717, 1.165) is 0 Å². The van der Waals surface area contributed by atoms with Crippen LogP contribution in [0.2, 0.25) is 0 Å². The topological polar surface area (TPSA) is 0 Å². The Morgan fingerprint density at radius 2 is 0.333 bits per heavy atom. The Morgan fingerprint density at radius 3 is 0.479 bits per heavy atom. The van der Waals surface area contributed by atoms with Crippen molar-refractivity contribution in [1.82, 2.24) is 0 Å². The van der Waals surface area contributed by atoms with Crippen molar-refractivity contribution in [3.05, 3.63) is 0 Å². The van der Waals surface area contributed by atoms with Crippen molar-refractivity contribution in [2.75, 3.05) is 24.6 Å². The molecule has 0 nitrogen and oxygen atoms in total. The normalized spacial score (nSPS) is 12.3. The first kappa shape index (κ1) is 48.4. The second-order valence-corrected chi connectivity index (χ2v) is 22.0. The van der Waals surface area contributed by atoms with Crippen molar-refractivity contribution < 1.29 is 0 Å². The van der Waals surface area contributed by atoms with Crippen LogP contribution in [0.3, 0.4) is 0 Å². The molecule has 292 valence electrons. The van der Waals surface area contributed by atoms with Crippen molar-refractivity contribution in [3.63, 3.8) is 0 Å². The van der Waals surface area contributed by atoms with E-state index in [-0.39, 0.29) is 0 Å². The van der Waals surface area contributed by atoms with E-state index in [0.29, 0.717) is 0 Å². The second-order valence-electron chi connectivity index (χ2n) is 16.8. The van der Waals surface area contributed by atoms with Gasteiger partial charge in [0, 0.05) is 0 Å². The SMILES string of the molecule is CCCCCCCCCCCCCCC[PH](CC)(CCCCCCCCCCCCCCC)CCCCCCCCCCCCCCC. The molecule has 0 heterocycles. The maximum atomic E-state index is 2.61. The molecule has 0 aromatic rings. The summed E-state index contributed by atoms with van der Waals surface area (Å²) in [5.41, 5.74) is 0. The van der Waals surface area contributed by atoms with Gasteiger partial charge in [0.25, 0.3) is 0 Å². The molecule has 0 saturated carbocycles. The van der Waals surface area contributed by atoms with E-state index >= 15 is 0 Å². The Hall–Kier alpha value is 0.430. The number of unbranched alkanes of at least 4 members (excludes halogenated alkanes) is 36. The fourth-order valence-electron chi connectivity index (χ4n) is 8.46. The molecule has 0 radical (unpaired) electrons. The van der Waals surface area contributed by atoms with E-state index in [1.54, 1.807) is 43.9 Å². The van der Waals surface area contributed by atoms with Gasteiger partial charge in [-0.25, -0.2) is 0 Å². The Bertz CT molecular complexity index is 481. The van der Waals surface area contributed by atoms with Gasteiger partial charge in [0.1, 0.15) is 0 Å². The summed E-state index contributed by atoms with van der Waals surface area (Å²) in [5.74, 6) is 0. The van der Waals surface area contributed by atoms with Crippen LogP contribution >= 0.6 is 7.26 Å². The summed E-state index contributed by atoms with van der Waals surface area (Å²) in [4.78, 5) is 0. The molecule has 0 aliphatic rings. The monoisotopic (exact) mass is 695 g/mol. The minimum atomic E-state index is -1.07. The van der Waals surface area contributed by atoms with Crippen molar-refractivity contribution in [2.45, 2.75) is 278 Å². The molecular weight excluding hydrogens is 595 g/mol. The second kappa shape index (κ2) is 41.8. The van der Waals surface area contributed by atoms with Crippen LogP contribution < -0.4 is 0 Å². The molecule has 0 aromatic heterocycles. The van der Waals surface area contributed by atoms with E-state index < -0.39 is 7.26 Å². The summed E-state index contributed by atoms with van der Waals surface area (Å²) in [6.07, 6.45) is 64.7. The van der Waals surface area contributed by atoms with Crippen molar-refractivity contribution in [1.29, 1.82) is 0 Å². The minimum absolute atomic E-state index is 1.07. The average molecular weight is 695 g/mol. The molecule has 0 saturated heterocycles. The fourth-order valence-corrected chi connectivity index (χ4v) is 13.3. The van der Waals surface area contributed by atoms with Crippen molar-refractivity contribution in [2.24, 2.45) is 0 Å². The summed E-state index contributed by atoms with van der Waals surface area (Å²) in [6.45, 7) is 9.58. The predicted octanol–water partition coefficient (Wildman–Crippen LogP) is 18.0. The number of hydrogen-bond donors (Lipinski definition) is 0. The van der Waals surface area contributed by atoms with Crippen LogP contribution in [0.15, 0.2) is 0 Å². The predicted molar refractivity (Wildman–Crippen MR) is 231 cm³/mol. The molecule has 48 heavy (non-hydrogen) atoms. The van der Waals surface area contributed by atoms with Gasteiger partial charge in [-0.1, -0.05) is 59.3 Å². The Labute approximate surface area is 309 Å². The molecule has 0 aliphatic carbocycles. The Balaban J connectivity index is 4.21. The summed E-state index contributed by atoms with van der Waals surface area (Å²) in [5, 5.41) is 0. The third kappa shape index (κ3) is 36.2. The molecule has 0 amide bonds. The third-order valence-electron chi connectivity index (χ3n) is 12.2. The summed E-state index contributed by atoms with van der Waals surface area (Å²) in [6, 6.07) is 0. The van der Waals surface area contributed by atoms with Crippen LogP contribution in [0.1, 0.15) is 278 Å². The van der Waals surface area contributed by atoms with E-state index in [1.807, 2.05) is 0 Å². The summed E-state index contributed by atoms with van der Waals surface area (Å²) < 4.78 is 0. The molecule has 0 aromatic carbocycles. The molecule has 0 bridgehead atoms. The van der Waals surface area contributed by atoms with Gasteiger partial charge in [-0.05, 0) is 0 Å². The molecule has 0 aliphatic heterocycles. The fraction of sp³-hybridized carbons (Fsp3) is 1.00. The van der Waals surface area contributed by atoms with E-state index in [4.69, 9.17) is 0 Å². The van der Waals surface area contributed by atoms with Gasteiger partial charge in [0.05, 0.1) is 0 Å². The zero-order valence-electron chi connectivity index (χ0n) is 34.9. The molecule has 0 unspecified atom stereocenters. The van der Waals surface area contributed by atoms with Gasteiger partial charge in [-0.15, -0.1) is 0 Å².